The molecule has 4 aromatic rings. The van der Waals surface area contributed by atoms with Gasteiger partial charge in [0.2, 0.25) is 11.0 Å². The summed E-state index contributed by atoms with van der Waals surface area (Å²) in [5.74, 6) is -0.0701. The molecule has 8 heteroatoms. The van der Waals surface area contributed by atoms with Crippen LogP contribution in [0, 0.1) is 6.92 Å². The first-order chi connectivity index (χ1) is 13.6. The van der Waals surface area contributed by atoms with Gasteiger partial charge < -0.3 is 0 Å². The largest absolute Gasteiger partial charge is 0.300 e. The third-order valence-corrected chi connectivity index (χ3v) is 7.58. The summed E-state index contributed by atoms with van der Waals surface area (Å²) in [4.78, 5) is 17.4. The summed E-state index contributed by atoms with van der Waals surface area (Å²) in [7, 11) is 0. The van der Waals surface area contributed by atoms with E-state index in [0.29, 0.717) is 11.6 Å². The van der Waals surface area contributed by atoms with Gasteiger partial charge in [-0.05, 0) is 31.0 Å². The van der Waals surface area contributed by atoms with Crippen LogP contribution in [-0.4, -0.2) is 26.3 Å². The van der Waals surface area contributed by atoms with Gasteiger partial charge in [0.25, 0.3) is 0 Å². The lowest BCUT2D eigenvalue weighted by Crippen LogP contribution is -2.24. The number of thiazole rings is 1. The average molecular weight is 427 g/mol. The normalized spacial score (nSPS) is 12.2. The number of amides is 1. The highest BCUT2D eigenvalue weighted by Gasteiger charge is 2.21. The molecular formula is C20H18N4OS3. The highest BCUT2D eigenvalue weighted by molar-refractivity contribution is 8.02. The van der Waals surface area contributed by atoms with E-state index in [4.69, 9.17) is 0 Å². The van der Waals surface area contributed by atoms with E-state index in [1.54, 1.807) is 11.3 Å². The highest BCUT2D eigenvalue weighted by Crippen LogP contribution is 2.34. The third kappa shape index (κ3) is 4.09. The standard InChI is InChI=1S/C20H18N4OS3/c1-3-15(26-20-21-14-10-6-7-11-16(14)27-20)17(25)22-19-24-23-18(28-19)13-9-5-4-8-12(13)2/h4-11,15H,3H2,1-2H3,(H,22,24,25). The lowest BCUT2D eigenvalue weighted by atomic mass is 10.1. The predicted molar refractivity (Wildman–Crippen MR) is 118 cm³/mol. The zero-order chi connectivity index (χ0) is 19.5. The molecule has 4 rings (SSSR count). The van der Waals surface area contributed by atoms with Crippen molar-refractivity contribution in [1.29, 1.82) is 0 Å². The van der Waals surface area contributed by atoms with Crippen molar-refractivity contribution in [3.05, 3.63) is 54.1 Å². The first-order valence-corrected chi connectivity index (χ1v) is 11.4. The summed E-state index contributed by atoms with van der Waals surface area (Å²) in [5, 5.41) is 12.4. The molecule has 28 heavy (non-hydrogen) atoms. The first kappa shape index (κ1) is 19.0. The number of fused-ring (bicyclic) bond motifs is 1. The molecule has 0 radical (unpaired) electrons. The molecular weight excluding hydrogens is 408 g/mol. The number of aromatic nitrogens is 3. The summed E-state index contributed by atoms with van der Waals surface area (Å²) in [6.07, 6.45) is 0.704. The first-order valence-electron chi connectivity index (χ1n) is 8.86. The molecule has 0 aliphatic heterocycles. The molecule has 1 amide bonds. The number of hydrogen-bond acceptors (Lipinski definition) is 7. The molecule has 0 aliphatic carbocycles. The van der Waals surface area contributed by atoms with Gasteiger partial charge in [0, 0.05) is 5.56 Å². The number of para-hydroxylation sites is 1. The van der Waals surface area contributed by atoms with Crippen LogP contribution in [0.2, 0.25) is 0 Å². The summed E-state index contributed by atoms with van der Waals surface area (Å²) in [6, 6.07) is 16.0. The molecule has 2 aromatic carbocycles. The summed E-state index contributed by atoms with van der Waals surface area (Å²) >= 11 is 4.50. The predicted octanol–water partition coefficient (Wildman–Crippen LogP) is 5.63. The van der Waals surface area contributed by atoms with Gasteiger partial charge in [-0.25, -0.2) is 4.98 Å². The minimum atomic E-state index is -0.230. The van der Waals surface area contributed by atoms with Crippen molar-refractivity contribution < 1.29 is 4.79 Å². The molecule has 0 spiro atoms. The molecule has 0 aliphatic rings. The molecule has 0 saturated heterocycles. The SMILES string of the molecule is CCC(Sc1nc2ccccc2s1)C(=O)Nc1nnc(-c2ccccc2C)s1. The van der Waals surface area contributed by atoms with Crippen LogP contribution in [0.4, 0.5) is 5.13 Å². The van der Waals surface area contributed by atoms with Crippen molar-refractivity contribution in [1.82, 2.24) is 15.2 Å². The van der Waals surface area contributed by atoms with Crippen LogP contribution >= 0.6 is 34.4 Å². The van der Waals surface area contributed by atoms with E-state index >= 15 is 0 Å². The molecule has 1 atom stereocenters. The molecule has 142 valence electrons. The fraction of sp³-hybridized carbons (Fsp3) is 0.200. The second-order valence-corrected chi connectivity index (χ2v) is 9.64. The Labute approximate surface area is 175 Å². The number of carbonyl (C=O) groups is 1. The van der Waals surface area contributed by atoms with Crippen molar-refractivity contribution in [2.24, 2.45) is 0 Å². The maximum Gasteiger partial charge on any atom is 0.239 e. The zero-order valence-electron chi connectivity index (χ0n) is 15.4. The molecule has 1 N–H and O–H groups in total. The number of carbonyl (C=O) groups excluding carboxylic acids is 1. The van der Waals surface area contributed by atoms with Crippen LogP contribution < -0.4 is 5.32 Å². The smallest absolute Gasteiger partial charge is 0.239 e. The second-order valence-electron chi connectivity index (χ2n) is 6.18. The molecule has 0 fully saturated rings. The van der Waals surface area contributed by atoms with Crippen LogP contribution in [0.3, 0.4) is 0 Å². The number of hydrogen-bond donors (Lipinski definition) is 1. The van der Waals surface area contributed by atoms with Gasteiger partial charge in [-0.2, -0.15) is 0 Å². The number of nitrogens with one attached hydrogen (secondary N) is 1. The Morgan fingerprint density at radius 1 is 1.11 bits per heavy atom. The maximum atomic E-state index is 12.8. The van der Waals surface area contributed by atoms with E-state index in [-0.39, 0.29) is 11.2 Å². The Morgan fingerprint density at radius 3 is 2.68 bits per heavy atom. The topological polar surface area (TPSA) is 67.8 Å². The molecule has 0 bridgehead atoms. The fourth-order valence-corrected chi connectivity index (χ4v) is 5.80. The van der Waals surface area contributed by atoms with Gasteiger partial charge in [0.15, 0.2) is 4.34 Å². The molecule has 2 heterocycles. The Bertz CT molecular complexity index is 1090. The van der Waals surface area contributed by atoms with Crippen LogP contribution in [0.25, 0.3) is 20.8 Å². The number of nitrogens with zero attached hydrogens (tertiary/aromatic N) is 3. The lowest BCUT2D eigenvalue weighted by Gasteiger charge is -2.11. The van der Waals surface area contributed by atoms with Crippen molar-refractivity contribution >= 4 is 55.7 Å². The molecule has 1 unspecified atom stereocenters. The van der Waals surface area contributed by atoms with E-state index in [1.807, 2.05) is 62.4 Å². The van der Waals surface area contributed by atoms with Gasteiger partial charge in [0.1, 0.15) is 5.01 Å². The van der Waals surface area contributed by atoms with Gasteiger partial charge in [0.05, 0.1) is 15.5 Å². The van der Waals surface area contributed by atoms with E-state index in [2.05, 4.69) is 20.5 Å². The molecule has 0 saturated carbocycles. The Balaban J connectivity index is 1.46. The Kier molecular flexibility index (Phi) is 5.70. The van der Waals surface area contributed by atoms with Crippen molar-refractivity contribution in [2.75, 3.05) is 5.32 Å². The number of thioether (sulfide) groups is 1. The van der Waals surface area contributed by atoms with Crippen molar-refractivity contribution in [2.45, 2.75) is 29.9 Å². The quantitative estimate of drug-likeness (QED) is 0.405. The van der Waals surface area contributed by atoms with Gasteiger partial charge in [-0.1, -0.05) is 66.4 Å². The minimum Gasteiger partial charge on any atom is -0.300 e. The average Bonchev–Trinajstić information content (AvgIpc) is 3.32. The maximum absolute atomic E-state index is 12.8. The van der Waals surface area contributed by atoms with E-state index < -0.39 is 0 Å². The third-order valence-electron chi connectivity index (χ3n) is 4.21. The molecule has 5 nitrogen and oxygen atoms in total. The van der Waals surface area contributed by atoms with Crippen LogP contribution in [0.1, 0.15) is 18.9 Å². The van der Waals surface area contributed by atoms with Crippen molar-refractivity contribution in [3.8, 4) is 10.6 Å². The second kappa shape index (κ2) is 8.38. The van der Waals surface area contributed by atoms with Crippen LogP contribution in [0.15, 0.2) is 52.9 Å². The van der Waals surface area contributed by atoms with Gasteiger partial charge in [-0.15, -0.1) is 21.5 Å². The summed E-state index contributed by atoms with van der Waals surface area (Å²) in [5.41, 5.74) is 3.14. The number of benzene rings is 2. The van der Waals surface area contributed by atoms with E-state index in [0.717, 1.165) is 30.7 Å². The van der Waals surface area contributed by atoms with Crippen molar-refractivity contribution in [3.63, 3.8) is 0 Å². The monoisotopic (exact) mass is 426 g/mol. The fourth-order valence-electron chi connectivity index (χ4n) is 2.73. The number of anilines is 1. The minimum absolute atomic E-state index is 0.0701. The van der Waals surface area contributed by atoms with Crippen LogP contribution in [0.5, 0.6) is 0 Å². The lowest BCUT2D eigenvalue weighted by molar-refractivity contribution is -0.115. The van der Waals surface area contributed by atoms with Gasteiger partial charge >= 0.3 is 0 Å². The van der Waals surface area contributed by atoms with E-state index in [9.17, 15) is 4.79 Å². The number of rotatable bonds is 6. The Morgan fingerprint density at radius 2 is 1.89 bits per heavy atom. The van der Waals surface area contributed by atoms with Crippen LogP contribution in [-0.2, 0) is 4.79 Å². The highest BCUT2D eigenvalue weighted by atomic mass is 32.2. The zero-order valence-corrected chi connectivity index (χ0v) is 17.8. The number of aryl methyl sites for hydroxylation is 1. The summed E-state index contributed by atoms with van der Waals surface area (Å²) < 4.78 is 2.04. The van der Waals surface area contributed by atoms with Gasteiger partial charge in [-0.3, -0.25) is 10.1 Å². The van der Waals surface area contributed by atoms with E-state index in [1.165, 1.54) is 23.1 Å². The molecule has 2 aromatic heterocycles. The summed E-state index contributed by atoms with van der Waals surface area (Å²) in [6.45, 7) is 4.04. The Hall–Kier alpha value is -2.29.